The van der Waals surface area contributed by atoms with Crippen LogP contribution in [0.15, 0.2) is 91.0 Å². The number of hydrogen-bond acceptors (Lipinski definition) is 3. The Morgan fingerprint density at radius 3 is 2.04 bits per heavy atom. The number of fused-ring (bicyclic) bond motifs is 1. The van der Waals surface area contributed by atoms with Gasteiger partial charge in [-0.25, -0.2) is 4.67 Å². The molecule has 142 valence electrons. The average molecular weight is 389 g/mol. The molecule has 28 heavy (non-hydrogen) atoms. The van der Waals surface area contributed by atoms with E-state index < -0.39 is 14.1 Å². The summed E-state index contributed by atoms with van der Waals surface area (Å²) in [6.45, 7) is 1.61. The molecule has 0 radical (unpaired) electrons. The number of rotatable bonds is 5. The monoisotopic (exact) mass is 389 g/mol. The van der Waals surface area contributed by atoms with Gasteiger partial charge in [0.2, 0.25) is 0 Å². The molecule has 3 aromatic carbocycles. The second kappa shape index (κ2) is 7.77. The summed E-state index contributed by atoms with van der Waals surface area (Å²) in [5.74, 6) is 0. The molecule has 0 aliphatic carbocycles. The summed E-state index contributed by atoms with van der Waals surface area (Å²) in [7, 11) is -1.11. The summed E-state index contributed by atoms with van der Waals surface area (Å²) in [5.41, 5.74) is 3.14. The molecule has 0 bridgehead atoms. The van der Waals surface area contributed by atoms with Crippen LogP contribution in [0.5, 0.6) is 0 Å². The standard InChI is InChI=1S/C24H24NO2P/c1-4-11-20(12-5-1)19-26-28-25-18-10-17-23(25)24(27-28,21-13-6-2-7-14-21)22-15-8-3-9-16-22/h1-9,11-16,23H,10,17-19H2/t23-,28?/m0/s1. The highest BCUT2D eigenvalue weighted by Gasteiger charge is 2.58. The molecule has 5 rings (SSSR count). The lowest BCUT2D eigenvalue weighted by Crippen LogP contribution is -2.40. The van der Waals surface area contributed by atoms with Crippen LogP contribution >= 0.6 is 8.53 Å². The molecule has 0 aromatic heterocycles. The fraction of sp³-hybridized carbons (Fsp3) is 0.250. The minimum atomic E-state index is -1.11. The van der Waals surface area contributed by atoms with Crippen LogP contribution in [0.1, 0.15) is 29.5 Å². The van der Waals surface area contributed by atoms with Gasteiger partial charge in [-0.3, -0.25) is 0 Å². The van der Waals surface area contributed by atoms with Gasteiger partial charge in [0, 0.05) is 6.54 Å². The molecular weight excluding hydrogens is 365 g/mol. The maximum absolute atomic E-state index is 6.88. The predicted octanol–water partition coefficient (Wildman–Crippen LogP) is 5.87. The molecular formula is C24H24NO2P. The van der Waals surface area contributed by atoms with Crippen molar-refractivity contribution in [1.82, 2.24) is 4.67 Å². The van der Waals surface area contributed by atoms with E-state index in [-0.39, 0.29) is 0 Å². The molecule has 2 saturated heterocycles. The van der Waals surface area contributed by atoms with E-state index in [1.807, 2.05) is 6.07 Å². The van der Waals surface area contributed by atoms with E-state index in [0.717, 1.165) is 13.0 Å². The first-order chi connectivity index (χ1) is 13.9. The first-order valence-electron chi connectivity index (χ1n) is 9.91. The van der Waals surface area contributed by atoms with Gasteiger partial charge in [-0.1, -0.05) is 91.0 Å². The third-order valence-corrected chi connectivity index (χ3v) is 7.41. The lowest BCUT2D eigenvalue weighted by atomic mass is 9.79. The summed E-state index contributed by atoms with van der Waals surface area (Å²) < 4.78 is 15.7. The van der Waals surface area contributed by atoms with Gasteiger partial charge in [0.15, 0.2) is 0 Å². The van der Waals surface area contributed by atoms with Crippen molar-refractivity contribution in [2.45, 2.75) is 31.1 Å². The molecule has 2 aliphatic heterocycles. The topological polar surface area (TPSA) is 21.7 Å². The van der Waals surface area contributed by atoms with Crippen LogP contribution in [0.3, 0.4) is 0 Å². The van der Waals surface area contributed by atoms with E-state index in [9.17, 15) is 0 Å². The van der Waals surface area contributed by atoms with Gasteiger partial charge in [0.1, 0.15) is 5.60 Å². The summed E-state index contributed by atoms with van der Waals surface area (Å²) in [5, 5.41) is 0. The van der Waals surface area contributed by atoms with E-state index in [1.54, 1.807) is 0 Å². The van der Waals surface area contributed by atoms with Crippen molar-refractivity contribution in [3.8, 4) is 0 Å². The molecule has 0 saturated carbocycles. The molecule has 4 heteroatoms. The van der Waals surface area contributed by atoms with Crippen molar-refractivity contribution < 1.29 is 9.05 Å². The van der Waals surface area contributed by atoms with Crippen LogP contribution in [-0.2, 0) is 21.3 Å². The van der Waals surface area contributed by atoms with Crippen molar-refractivity contribution in [3.63, 3.8) is 0 Å². The highest BCUT2D eigenvalue weighted by Crippen LogP contribution is 2.65. The Morgan fingerprint density at radius 2 is 1.43 bits per heavy atom. The van der Waals surface area contributed by atoms with Crippen molar-refractivity contribution in [2.75, 3.05) is 6.54 Å². The van der Waals surface area contributed by atoms with E-state index in [0.29, 0.717) is 12.6 Å². The normalized spacial score (nSPS) is 23.6. The van der Waals surface area contributed by atoms with Crippen molar-refractivity contribution in [3.05, 3.63) is 108 Å². The highest BCUT2D eigenvalue weighted by atomic mass is 31.2. The Kier molecular flexibility index (Phi) is 5.00. The summed E-state index contributed by atoms with van der Waals surface area (Å²) >= 11 is 0. The molecule has 2 fully saturated rings. The van der Waals surface area contributed by atoms with Crippen molar-refractivity contribution in [2.24, 2.45) is 0 Å². The molecule has 3 aromatic rings. The van der Waals surface area contributed by atoms with Gasteiger partial charge in [0.25, 0.3) is 8.53 Å². The molecule has 1 unspecified atom stereocenters. The fourth-order valence-electron chi connectivity index (χ4n) is 4.43. The van der Waals surface area contributed by atoms with E-state index in [4.69, 9.17) is 9.05 Å². The molecule has 0 N–H and O–H groups in total. The molecule has 2 heterocycles. The van der Waals surface area contributed by atoms with Crippen LogP contribution in [-0.4, -0.2) is 17.3 Å². The van der Waals surface area contributed by atoms with Gasteiger partial charge in [-0.05, 0) is 29.5 Å². The summed E-state index contributed by atoms with van der Waals surface area (Å²) in [6, 6.07) is 32.0. The summed E-state index contributed by atoms with van der Waals surface area (Å²) in [4.78, 5) is 0. The van der Waals surface area contributed by atoms with Gasteiger partial charge in [-0.15, -0.1) is 0 Å². The maximum atomic E-state index is 6.88. The first kappa shape index (κ1) is 18.0. The second-order valence-corrected chi connectivity index (χ2v) is 8.81. The maximum Gasteiger partial charge on any atom is 0.260 e. The second-order valence-electron chi connectivity index (χ2n) is 7.38. The molecule has 0 spiro atoms. The zero-order chi connectivity index (χ0) is 18.8. The Hall–Kier alpha value is -2.03. The van der Waals surface area contributed by atoms with Crippen molar-refractivity contribution >= 4 is 8.53 Å². The Balaban J connectivity index is 1.52. The van der Waals surface area contributed by atoms with Gasteiger partial charge < -0.3 is 9.05 Å². The third kappa shape index (κ3) is 3.09. The lowest BCUT2D eigenvalue weighted by molar-refractivity contribution is 0.101. The smallest absolute Gasteiger partial charge is 0.260 e. The van der Waals surface area contributed by atoms with Crippen LogP contribution in [0.25, 0.3) is 0 Å². The fourth-order valence-corrected chi connectivity index (χ4v) is 6.38. The van der Waals surface area contributed by atoms with Gasteiger partial charge in [-0.2, -0.15) is 0 Å². The van der Waals surface area contributed by atoms with Gasteiger partial charge >= 0.3 is 0 Å². The zero-order valence-electron chi connectivity index (χ0n) is 15.8. The molecule has 0 amide bonds. The van der Waals surface area contributed by atoms with Crippen LogP contribution < -0.4 is 0 Å². The summed E-state index contributed by atoms with van der Waals surface area (Å²) in [6.07, 6.45) is 2.31. The van der Waals surface area contributed by atoms with Crippen LogP contribution in [0.2, 0.25) is 0 Å². The first-order valence-corrected chi connectivity index (χ1v) is 11.0. The minimum absolute atomic E-state index is 0.305. The molecule has 2 atom stereocenters. The predicted molar refractivity (Wildman–Crippen MR) is 113 cm³/mol. The van der Waals surface area contributed by atoms with E-state index in [1.165, 1.54) is 23.1 Å². The Bertz CT molecular complexity index is 864. The number of benzene rings is 3. The number of nitrogens with zero attached hydrogens (tertiary/aromatic N) is 1. The lowest BCUT2D eigenvalue weighted by Gasteiger charge is -2.34. The van der Waals surface area contributed by atoms with Crippen LogP contribution in [0.4, 0.5) is 0 Å². The SMILES string of the molecule is c1ccc(COP2OC(c3ccccc3)(c3ccccc3)[C@@H]3CCCN32)cc1. The Morgan fingerprint density at radius 1 is 0.857 bits per heavy atom. The third-order valence-electron chi connectivity index (χ3n) is 5.72. The van der Waals surface area contributed by atoms with Crippen molar-refractivity contribution in [1.29, 1.82) is 0 Å². The zero-order valence-corrected chi connectivity index (χ0v) is 16.7. The highest BCUT2D eigenvalue weighted by molar-refractivity contribution is 7.45. The van der Waals surface area contributed by atoms with E-state index in [2.05, 4.69) is 89.6 Å². The average Bonchev–Trinajstić information content (AvgIpc) is 3.37. The van der Waals surface area contributed by atoms with E-state index >= 15 is 0 Å². The molecule has 2 aliphatic rings. The minimum Gasteiger partial charge on any atom is -0.317 e. The quantitative estimate of drug-likeness (QED) is 0.510. The Labute approximate surface area is 167 Å². The van der Waals surface area contributed by atoms with Crippen LogP contribution in [0, 0.1) is 0 Å². The number of hydrogen-bond donors (Lipinski definition) is 0. The molecule has 3 nitrogen and oxygen atoms in total. The van der Waals surface area contributed by atoms with Gasteiger partial charge in [0.05, 0.1) is 12.6 Å². The largest absolute Gasteiger partial charge is 0.317 e.